The van der Waals surface area contributed by atoms with Gasteiger partial charge in [0.05, 0.1) is 12.5 Å². The zero-order valence-electron chi connectivity index (χ0n) is 16.1. The molecule has 0 radical (unpaired) electrons. The largest absolute Gasteiger partial charge is 0.481 e. The minimum Gasteiger partial charge on any atom is -0.481 e. The van der Waals surface area contributed by atoms with Crippen LogP contribution in [0, 0.1) is 0 Å². The van der Waals surface area contributed by atoms with Crippen LogP contribution in [-0.2, 0) is 20.7 Å². The van der Waals surface area contributed by atoms with Crippen molar-refractivity contribution in [3.63, 3.8) is 0 Å². The lowest BCUT2D eigenvalue weighted by atomic mass is 9.97. The molecule has 2 atom stereocenters. The molecule has 150 valence electrons. The van der Waals surface area contributed by atoms with Gasteiger partial charge in [-0.15, -0.1) is 11.8 Å². The number of ketones is 1. The van der Waals surface area contributed by atoms with Crippen molar-refractivity contribution in [1.82, 2.24) is 4.90 Å². The molecule has 1 aromatic carbocycles. The predicted molar refractivity (Wildman–Crippen MR) is 107 cm³/mol. The van der Waals surface area contributed by atoms with E-state index in [0.29, 0.717) is 24.3 Å². The fourth-order valence-electron chi connectivity index (χ4n) is 3.75. The molecule has 2 unspecified atom stereocenters. The lowest BCUT2D eigenvalue weighted by Gasteiger charge is -2.27. The number of benzene rings is 1. The summed E-state index contributed by atoms with van der Waals surface area (Å²) in [6.07, 6.45) is 3.98. The summed E-state index contributed by atoms with van der Waals surface area (Å²) >= 11 is 1.38. The summed E-state index contributed by atoms with van der Waals surface area (Å²) < 4.78 is 5.66. The smallest absolute Gasteiger partial charge is 0.308 e. The average molecular weight is 404 g/mol. The minimum absolute atomic E-state index is 0.0667. The molecule has 2 heterocycles. The molecule has 0 aliphatic carbocycles. The third-order valence-corrected chi connectivity index (χ3v) is 6.16. The molecular weight excluding hydrogens is 378 g/mol. The van der Waals surface area contributed by atoms with E-state index in [2.05, 4.69) is 0 Å². The highest BCUT2D eigenvalue weighted by molar-refractivity contribution is 7.99. The number of hydrogen-bond donors (Lipinski definition) is 1. The van der Waals surface area contributed by atoms with Crippen molar-refractivity contribution in [1.29, 1.82) is 0 Å². The number of carboxylic acid groups (broad SMARTS) is 1. The number of hydrogen-bond acceptors (Lipinski definition) is 5. The van der Waals surface area contributed by atoms with E-state index in [1.165, 1.54) is 11.8 Å². The molecule has 6 nitrogen and oxygen atoms in total. The number of aliphatic carboxylic acids is 1. The predicted octanol–water partition coefficient (Wildman–Crippen LogP) is 2.91. The monoisotopic (exact) mass is 403 g/mol. The highest BCUT2D eigenvalue weighted by Crippen LogP contribution is 2.37. The Bertz CT molecular complexity index is 796. The Morgan fingerprint density at radius 1 is 1.29 bits per heavy atom. The van der Waals surface area contributed by atoms with Gasteiger partial charge in [0.2, 0.25) is 0 Å². The molecule has 28 heavy (non-hydrogen) atoms. The Kier molecular flexibility index (Phi) is 6.57. The van der Waals surface area contributed by atoms with Crippen LogP contribution in [0.3, 0.4) is 0 Å². The molecule has 1 amide bonds. The van der Waals surface area contributed by atoms with Gasteiger partial charge in [-0.3, -0.25) is 14.4 Å². The van der Waals surface area contributed by atoms with Gasteiger partial charge in [-0.05, 0) is 31.1 Å². The van der Waals surface area contributed by atoms with E-state index < -0.39 is 17.8 Å². The van der Waals surface area contributed by atoms with Gasteiger partial charge in [-0.25, -0.2) is 0 Å². The molecular formula is C21H25NO5S. The molecule has 2 aliphatic heterocycles. The van der Waals surface area contributed by atoms with Crippen molar-refractivity contribution >= 4 is 29.4 Å². The maximum absolute atomic E-state index is 13.3. The van der Waals surface area contributed by atoms with Crippen LogP contribution >= 0.6 is 11.8 Å². The molecule has 0 bridgehead atoms. The van der Waals surface area contributed by atoms with E-state index in [1.54, 1.807) is 17.0 Å². The molecule has 3 rings (SSSR count). The molecule has 0 aromatic heterocycles. The van der Waals surface area contributed by atoms with E-state index in [4.69, 9.17) is 4.74 Å². The highest BCUT2D eigenvalue weighted by Gasteiger charge is 2.43. The summed E-state index contributed by atoms with van der Waals surface area (Å²) in [5.74, 6) is -1.76. The number of carbonyl (C=O) groups excluding carboxylic acids is 2. The summed E-state index contributed by atoms with van der Waals surface area (Å²) in [7, 11) is 0. The first-order chi connectivity index (χ1) is 13.5. The third kappa shape index (κ3) is 4.15. The van der Waals surface area contributed by atoms with Crippen LogP contribution in [0.15, 0.2) is 35.4 Å². The minimum atomic E-state index is -1.12. The Hall–Kier alpha value is -2.12. The molecule has 7 heteroatoms. The van der Waals surface area contributed by atoms with Gasteiger partial charge < -0.3 is 14.7 Å². The Labute approximate surface area is 168 Å². The SMILES string of the molecule is CCc1ccc(C(=O)C2=C(CC(=O)O)C(=O)N(CC3CCCO3)C2SC)cc1. The highest BCUT2D eigenvalue weighted by atomic mass is 32.2. The number of rotatable bonds is 8. The summed E-state index contributed by atoms with van der Waals surface area (Å²) in [5, 5.41) is 8.82. The lowest BCUT2D eigenvalue weighted by molar-refractivity contribution is -0.137. The van der Waals surface area contributed by atoms with Gasteiger partial charge in [0, 0.05) is 29.9 Å². The fourth-order valence-corrected chi connectivity index (χ4v) is 4.67. The van der Waals surface area contributed by atoms with Crippen molar-refractivity contribution in [2.75, 3.05) is 19.4 Å². The number of carboxylic acids is 1. The first-order valence-corrected chi connectivity index (χ1v) is 10.8. The molecule has 1 aromatic rings. The second kappa shape index (κ2) is 8.92. The normalized spacial score (nSPS) is 22.2. The van der Waals surface area contributed by atoms with E-state index in [0.717, 1.165) is 24.8 Å². The maximum atomic E-state index is 13.3. The summed E-state index contributed by atoms with van der Waals surface area (Å²) in [5.41, 5.74) is 1.97. The Balaban J connectivity index is 1.95. The van der Waals surface area contributed by atoms with Gasteiger partial charge in [0.1, 0.15) is 5.37 Å². The van der Waals surface area contributed by atoms with Crippen molar-refractivity contribution < 1.29 is 24.2 Å². The van der Waals surface area contributed by atoms with Crippen molar-refractivity contribution in [2.24, 2.45) is 0 Å². The first kappa shape index (κ1) is 20.6. The zero-order valence-corrected chi connectivity index (χ0v) is 17.0. The summed E-state index contributed by atoms with van der Waals surface area (Å²) in [6.45, 7) is 3.08. The number of aryl methyl sites for hydroxylation is 1. The lowest BCUT2D eigenvalue weighted by Crippen LogP contribution is -2.40. The van der Waals surface area contributed by atoms with Crippen molar-refractivity contribution in [2.45, 2.75) is 44.1 Å². The molecule has 1 N–H and O–H groups in total. The number of Topliss-reactive ketones (excluding diaryl/α,β-unsaturated/α-hetero) is 1. The van der Waals surface area contributed by atoms with Gasteiger partial charge in [-0.2, -0.15) is 0 Å². The number of thioether (sulfide) groups is 1. The first-order valence-electron chi connectivity index (χ1n) is 9.50. The van der Waals surface area contributed by atoms with Crippen LogP contribution in [0.2, 0.25) is 0 Å². The van der Waals surface area contributed by atoms with Crippen LogP contribution in [0.5, 0.6) is 0 Å². The van der Waals surface area contributed by atoms with E-state index in [9.17, 15) is 19.5 Å². The number of carbonyl (C=O) groups is 3. The third-order valence-electron chi connectivity index (χ3n) is 5.22. The van der Waals surface area contributed by atoms with Gasteiger partial charge >= 0.3 is 5.97 Å². The topological polar surface area (TPSA) is 83.9 Å². The quantitative estimate of drug-likeness (QED) is 0.672. The fraction of sp³-hybridized carbons (Fsp3) is 0.476. The van der Waals surface area contributed by atoms with E-state index in [-0.39, 0.29) is 23.4 Å². The molecule has 0 spiro atoms. The number of nitrogens with zero attached hydrogens (tertiary/aromatic N) is 1. The molecule has 1 saturated heterocycles. The Morgan fingerprint density at radius 3 is 2.54 bits per heavy atom. The average Bonchev–Trinajstić information content (AvgIpc) is 3.29. The van der Waals surface area contributed by atoms with E-state index >= 15 is 0 Å². The van der Waals surface area contributed by atoms with Crippen LogP contribution in [0.1, 0.15) is 42.1 Å². The zero-order chi connectivity index (χ0) is 20.3. The van der Waals surface area contributed by atoms with Crippen molar-refractivity contribution in [3.8, 4) is 0 Å². The standard InChI is InChI=1S/C21H25NO5S/c1-3-13-6-8-14(9-7-13)19(25)18-16(11-17(23)24)20(26)22(21(18)28-2)12-15-5-4-10-27-15/h6-9,15,21H,3-5,10-12H2,1-2H3,(H,23,24). The van der Waals surface area contributed by atoms with Gasteiger partial charge in [-0.1, -0.05) is 31.2 Å². The summed E-state index contributed by atoms with van der Waals surface area (Å²) in [4.78, 5) is 39.3. The molecule has 1 fully saturated rings. The van der Waals surface area contributed by atoms with Crippen LogP contribution in [-0.4, -0.2) is 58.6 Å². The van der Waals surface area contributed by atoms with Gasteiger partial charge in [0.15, 0.2) is 5.78 Å². The van der Waals surface area contributed by atoms with Crippen LogP contribution in [0.4, 0.5) is 0 Å². The Morgan fingerprint density at radius 2 is 2.00 bits per heavy atom. The second-order valence-electron chi connectivity index (χ2n) is 7.02. The van der Waals surface area contributed by atoms with Crippen LogP contribution in [0.25, 0.3) is 0 Å². The maximum Gasteiger partial charge on any atom is 0.308 e. The number of amides is 1. The summed E-state index contributed by atoms with van der Waals surface area (Å²) in [6, 6.07) is 7.27. The van der Waals surface area contributed by atoms with Crippen molar-refractivity contribution in [3.05, 3.63) is 46.5 Å². The van der Waals surface area contributed by atoms with Crippen LogP contribution < -0.4 is 0 Å². The van der Waals surface area contributed by atoms with Gasteiger partial charge in [0.25, 0.3) is 5.91 Å². The number of ether oxygens (including phenoxy) is 1. The molecule has 2 aliphatic rings. The second-order valence-corrected chi connectivity index (χ2v) is 7.94. The van der Waals surface area contributed by atoms with E-state index in [1.807, 2.05) is 25.3 Å². The molecule has 0 saturated carbocycles.